The zero-order valence-electron chi connectivity index (χ0n) is 19.6. The quantitative estimate of drug-likeness (QED) is 0.179. The Labute approximate surface area is 205 Å². The van der Waals surface area contributed by atoms with E-state index in [1.54, 1.807) is 0 Å². The van der Waals surface area contributed by atoms with Crippen molar-refractivity contribution in [1.82, 2.24) is 15.5 Å². The molecular formula is C23H41IN4O3. The third-order valence-corrected chi connectivity index (χ3v) is 5.02. The zero-order chi connectivity index (χ0) is 21.6. The van der Waals surface area contributed by atoms with Gasteiger partial charge in [-0.2, -0.15) is 0 Å². The van der Waals surface area contributed by atoms with Gasteiger partial charge in [-0.25, -0.2) is 0 Å². The van der Waals surface area contributed by atoms with Crippen LogP contribution in [0.15, 0.2) is 23.2 Å². The van der Waals surface area contributed by atoms with E-state index in [2.05, 4.69) is 41.5 Å². The van der Waals surface area contributed by atoms with E-state index in [-0.39, 0.29) is 30.0 Å². The lowest BCUT2D eigenvalue weighted by atomic mass is 10.1. The van der Waals surface area contributed by atoms with Crippen molar-refractivity contribution in [1.29, 1.82) is 0 Å². The molecule has 0 aromatic heterocycles. The number of nitrogens with one attached hydrogen (secondary N) is 2. The van der Waals surface area contributed by atoms with Crippen LogP contribution in [0.1, 0.15) is 52.1 Å². The lowest BCUT2D eigenvalue weighted by Gasteiger charge is -2.26. The lowest BCUT2D eigenvalue weighted by molar-refractivity contribution is 0.0373. The fourth-order valence-electron chi connectivity index (χ4n) is 3.41. The number of morpholine rings is 1. The number of nitrogens with zero attached hydrogens (tertiary/aromatic N) is 2. The summed E-state index contributed by atoms with van der Waals surface area (Å²) in [5, 5.41) is 6.86. The normalized spacial score (nSPS) is 15.7. The second-order valence-corrected chi connectivity index (χ2v) is 7.36. The molecule has 1 aliphatic rings. The van der Waals surface area contributed by atoms with Gasteiger partial charge in [-0.3, -0.25) is 9.89 Å². The van der Waals surface area contributed by atoms with Gasteiger partial charge in [0, 0.05) is 26.2 Å². The molecular weight excluding hydrogens is 507 g/mol. The average Bonchev–Trinajstić information content (AvgIpc) is 2.76. The highest BCUT2D eigenvalue weighted by atomic mass is 127. The number of rotatable bonds is 12. The Morgan fingerprint density at radius 2 is 1.81 bits per heavy atom. The molecule has 7 nitrogen and oxygen atoms in total. The maximum Gasteiger partial charge on any atom is 0.191 e. The Morgan fingerprint density at radius 1 is 1.10 bits per heavy atom. The molecule has 2 N–H and O–H groups in total. The molecule has 0 saturated carbocycles. The van der Waals surface area contributed by atoms with Crippen LogP contribution in [0.3, 0.4) is 0 Å². The van der Waals surface area contributed by atoms with Crippen LogP contribution >= 0.6 is 24.0 Å². The zero-order valence-corrected chi connectivity index (χ0v) is 21.9. The molecule has 0 bridgehead atoms. The van der Waals surface area contributed by atoms with E-state index in [1.807, 2.05) is 19.9 Å². The summed E-state index contributed by atoms with van der Waals surface area (Å²) in [5.74, 6) is 2.43. The molecule has 0 radical (unpaired) electrons. The number of hydrogen-bond donors (Lipinski definition) is 2. The first-order valence-electron chi connectivity index (χ1n) is 11.4. The molecule has 1 heterocycles. The second kappa shape index (κ2) is 16.4. The van der Waals surface area contributed by atoms with Gasteiger partial charge in [-0.1, -0.05) is 6.07 Å². The van der Waals surface area contributed by atoms with Gasteiger partial charge >= 0.3 is 0 Å². The Bertz CT molecular complexity index is 639. The first-order chi connectivity index (χ1) is 14.7. The monoisotopic (exact) mass is 548 g/mol. The van der Waals surface area contributed by atoms with Crippen LogP contribution in [0.25, 0.3) is 0 Å². The van der Waals surface area contributed by atoms with Crippen molar-refractivity contribution in [2.24, 2.45) is 4.99 Å². The van der Waals surface area contributed by atoms with Crippen molar-refractivity contribution in [3.8, 4) is 11.5 Å². The Kier molecular flexibility index (Phi) is 14.7. The number of halogens is 1. The summed E-state index contributed by atoms with van der Waals surface area (Å²) in [5.41, 5.74) is 1.14. The summed E-state index contributed by atoms with van der Waals surface area (Å²) in [6.07, 6.45) is 2.24. The van der Waals surface area contributed by atoms with E-state index in [1.165, 1.54) is 0 Å². The minimum Gasteiger partial charge on any atom is -0.490 e. The van der Waals surface area contributed by atoms with Gasteiger partial charge in [0.15, 0.2) is 17.5 Å². The minimum atomic E-state index is 0. The van der Waals surface area contributed by atoms with Crippen molar-refractivity contribution in [2.45, 2.75) is 46.6 Å². The predicted molar refractivity (Wildman–Crippen MR) is 138 cm³/mol. The molecule has 178 valence electrons. The van der Waals surface area contributed by atoms with Gasteiger partial charge in [0.05, 0.1) is 32.5 Å². The van der Waals surface area contributed by atoms with Crippen LogP contribution in [0.2, 0.25) is 0 Å². The molecule has 0 amide bonds. The maximum atomic E-state index is 5.76. The van der Waals surface area contributed by atoms with E-state index < -0.39 is 0 Å². The SMILES string of the molecule is CCNC(=NCCCCN1CCOCC1)NC(C)c1ccc(OCC)c(OCC)c1.I. The van der Waals surface area contributed by atoms with Crippen LogP contribution in [0.4, 0.5) is 0 Å². The maximum absolute atomic E-state index is 5.76. The van der Waals surface area contributed by atoms with Gasteiger partial charge in [-0.05, 0) is 64.8 Å². The van der Waals surface area contributed by atoms with E-state index in [0.717, 1.165) is 81.8 Å². The number of hydrogen-bond acceptors (Lipinski definition) is 5. The van der Waals surface area contributed by atoms with Crippen LogP contribution in [-0.4, -0.2) is 70.0 Å². The Morgan fingerprint density at radius 3 is 2.48 bits per heavy atom. The van der Waals surface area contributed by atoms with Gasteiger partial charge < -0.3 is 24.8 Å². The number of aliphatic imine (C=N–C) groups is 1. The Hall–Kier alpha value is -1.26. The lowest BCUT2D eigenvalue weighted by Crippen LogP contribution is -2.39. The van der Waals surface area contributed by atoms with Crippen molar-refractivity contribution in [3.63, 3.8) is 0 Å². The summed E-state index contributed by atoms with van der Waals surface area (Å²) in [6.45, 7) is 16.0. The van der Waals surface area contributed by atoms with Crippen LogP contribution in [0, 0.1) is 0 Å². The first-order valence-corrected chi connectivity index (χ1v) is 11.4. The standard InChI is InChI=1S/C23H40N4O3.HI/c1-5-24-23(25-12-8-9-13-27-14-16-28-17-15-27)26-19(4)20-10-11-21(29-6-2)22(18-20)30-7-3;/h10-11,18-19H,5-9,12-17H2,1-4H3,(H2,24,25,26);1H. The van der Waals surface area contributed by atoms with Gasteiger partial charge in [0.2, 0.25) is 0 Å². The van der Waals surface area contributed by atoms with Crippen molar-refractivity contribution in [3.05, 3.63) is 23.8 Å². The number of guanidine groups is 1. The summed E-state index contributed by atoms with van der Waals surface area (Å²) >= 11 is 0. The van der Waals surface area contributed by atoms with Gasteiger partial charge in [-0.15, -0.1) is 24.0 Å². The third kappa shape index (κ3) is 10.3. The molecule has 1 aliphatic heterocycles. The highest BCUT2D eigenvalue weighted by molar-refractivity contribution is 14.0. The summed E-state index contributed by atoms with van der Waals surface area (Å²) in [4.78, 5) is 7.24. The summed E-state index contributed by atoms with van der Waals surface area (Å²) in [7, 11) is 0. The minimum absolute atomic E-state index is 0. The van der Waals surface area contributed by atoms with Crippen molar-refractivity contribution in [2.75, 3.05) is 59.2 Å². The molecule has 2 rings (SSSR count). The topological polar surface area (TPSA) is 67.4 Å². The molecule has 1 aromatic rings. The Balaban J connectivity index is 0.00000480. The fraction of sp³-hybridized carbons (Fsp3) is 0.696. The van der Waals surface area contributed by atoms with Gasteiger partial charge in [0.25, 0.3) is 0 Å². The highest BCUT2D eigenvalue weighted by Gasteiger charge is 2.13. The highest BCUT2D eigenvalue weighted by Crippen LogP contribution is 2.30. The van der Waals surface area contributed by atoms with Crippen LogP contribution < -0.4 is 20.1 Å². The molecule has 1 fully saturated rings. The van der Waals surface area contributed by atoms with E-state index in [4.69, 9.17) is 19.2 Å². The fourth-order valence-corrected chi connectivity index (χ4v) is 3.41. The molecule has 0 spiro atoms. The molecule has 31 heavy (non-hydrogen) atoms. The molecule has 1 saturated heterocycles. The van der Waals surface area contributed by atoms with Gasteiger partial charge in [0.1, 0.15) is 0 Å². The molecule has 0 aliphatic carbocycles. The number of benzene rings is 1. The van der Waals surface area contributed by atoms with Crippen molar-refractivity contribution < 1.29 is 14.2 Å². The van der Waals surface area contributed by atoms with E-state index in [0.29, 0.717) is 13.2 Å². The third-order valence-electron chi connectivity index (χ3n) is 5.02. The molecule has 1 atom stereocenters. The second-order valence-electron chi connectivity index (χ2n) is 7.36. The molecule has 8 heteroatoms. The summed E-state index contributed by atoms with van der Waals surface area (Å²) in [6, 6.07) is 6.22. The average molecular weight is 549 g/mol. The van der Waals surface area contributed by atoms with E-state index >= 15 is 0 Å². The smallest absolute Gasteiger partial charge is 0.191 e. The number of unbranched alkanes of at least 4 members (excludes halogenated alkanes) is 1. The summed E-state index contributed by atoms with van der Waals surface area (Å²) < 4.78 is 16.8. The largest absolute Gasteiger partial charge is 0.490 e. The number of ether oxygens (including phenoxy) is 3. The first kappa shape index (κ1) is 27.8. The molecule has 1 unspecified atom stereocenters. The van der Waals surface area contributed by atoms with Crippen LogP contribution in [-0.2, 0) is 4.74 Å². The van der Waals surface area contributed by atoms with E-state index in [9.17, 15) is 0 Å². The predicted octanol–water partition coefficient (Wildman–Crippen LogP) is 3.83. The van der Waals surface area contributed by atoms with Crippen molar-refractivity contribution >= 4 is 29.9 Å². The van der Waals surface area contributed by atoms with Crippen LogP contribution in [0.5, 0.6) is 11.5 Å². The molecule has 1 aromatic carbocycles.